The van der Waals surface area contributed by atoms with E-state index in [0.717, 1.165) is 29.5 Å². The van der Waals surface area contributed by atoms with Crippen molar-refractivity contribution < 1.29 is 8.42 Å². The molecule has 1 saturated heterocycles. The highest BCUT2D eigenvalue weighted by Gasteiger charge is 2.26. The van der Waals surface area contributed by atoms with E-state index in [1.165, 1.54) is 6.33 Å². The Bertz CT molecular complexity index is 995. The maximum atomic E-state index is 12.8. The quantitative estimate of drug-likeness (QED) is 0.755. The van der Waals surface area contributed by atoms with Crippen LogP contribution in [0.3, 0.4) is 0 Å². The zero-order valence-corrected chi connectivity index (χ0v) is 15.2. The van der Waals surface area contributed by atoms with E-state index in [2.05, 4.69) is 15.3 Å². The van der Waals surface area contributed by atoms with Crippen molar-refractivity contribution in [3.05, 3.63) is 42.0 Å². The Balaban J connectivity index is 1.64. The van der Waals surface area contributed by atoms with Gasteiger partial charge in [-0.05, 0) is 42.5 Å². The molecule has 0 spiro atoms. The maximum absolute atomic E-state index is 12.8. The third-order valence-corrected chi connectivity index (χ3v) is 7.03. The van der Waals surface area contributed by atoms with Gasteiger partial charge in [0, 0.05) is 18.8 Å². The van der Waals surface area contributed by atoms with Gasteiger partial charge >= 0.3 is 0 Å². The molecule has 0 saturated carbocycles. The van der Waals surface area contributed by atoms with Gasteiger partial charge in [-0.15, -0.1) is 11.3 Å². The van der Waals surface area contributed by atoms with Crippen molar-refractivity contribution in [1.29, 1.82) is 0 Å². The number of anilines is 2. The second-order valence-electron chi connectivity index (χ2n) is 5.98. The third kappa shape index (κ3) is 3.24. The fourth-order valence-electron chi connectivity index (χ4n) is 3.02. The summed E-state index contributed by atoms with van der Waals surface area (Å²) in [5.74, 6) is 0.679. The molecule has 0 radical (unpaired) electrons. The number of fused-ring (bicyclic) bond motifs is 1. The zero-order valence-electron chi connectivity index (χ0n) is 13.6. The van der Waals surface area contributed by atoms with E-state index < -0.39 is 10.0 Å². The third-order valence-electron chi connectivity index (χ3n) is 4.31. The highest BCUT2D eigenvalue weighted by Crippen LogP contribution is 2.28. The molecule has 1 aliphatic heterocycles. The first-order valence-electron chi connectivity index (χ1n) is 8.20. The first-order chi connectivity index (χ1) is 12.1. The van der Waals surface area contributed by atoms with Crippen molar-refractivity contribution in [3.8, 4) is 0 Å². The van der Waals surface area contributed by atoms with Crippen LogP contribution in [-0.4, -0.2) is 35.8 Å². The summed E-state index contributed by atoms with van der Waals surface area (Å²) < 4.78 is 27.3. The number of nitrogens with one attached hydrogen (secondary N) is 1. The van der Waals surface area contributed by atoms with Gasteiger partial charge in [0.05, 0.1) is 10.3 Å². The number of hydrogen-bond donors (Lipinski definition) is 1. The molecule has 1 fully saturated rings. The molecule has 25 heavy (non-hydrogen) atoms. The lowest BCUT2D eigenvalue weighted by molar-refractivity contribution is 0.346. The summed E-state index contributed by atoms with van der Waals surface area (Å²) in [5.41, 5.74) is 0.698. The summed E-state index contributed by atoms with van der Waals surface area (Å²) in [6.45, 7) is 1.20. The van der Waals surface area contributed by atoms with Gasteiger partial charge in [0.2, 0.25) is 10.0 Å². The van der Waals surface area contributed by atoms with Gasteiger partial charge in [0.25, 0.3) is 0 Å². The normalized spacial score (nSPS) is 16.2. The SMILES string of the molecule is O=S(=O)(c1cccc(Nc2ncnc3sccc23)c1)N1CCCCC1. The van der Waals surface area contributed by atoms with Crippen LogP contribution >= 0.6 is 11.3 Å². The number of hydrogen-bond acceptors (Lipinski definition) is 6. The minimum atomic E-state index is -3.45. The number of thiophene rings is 1. The zero-order chi connectivity index (χ0) is 17.3. The van der Waals surface area contributed by atoms with Gasteiger partial charge < -0.3 is 5.32 Å². The van der Waals surface area contributed by atoms with Crippen LogP contribution in [0.1, 0.15) is 19.3 Å². The van der Waals surface area contributed by atoms with Crippen LogP contribution in [0.2, 0.25) is 0 Å². The molecule has 0 bridgehead atoms. The van der Waals surface area contributed by atoms with Gasteiger partial charge in [-0.1, -0.05) is 12.5 Å². The van der Waals surface area contributed by atoms with Crippen LogP contribution < -0.4 is 5.32 Å². The summed E-state index contributed by atoms with van der Waals surface area (Å²) in [5, 5.41) is 6.11. The summed E-state index contributed by atoms with van der Waals surface area (Å²) in [6.07, 6.45) is 4.45. The average molecular weight is 374 g/mol. The Morgan fingerprint density at radius 1 is 1.08 bits per heavy atom. The van der Waals surface area contributed by atoms with Crippen LogP contribution in [-0.2, 0) is 10.0 Å². The molecule has 3 heterocycles. The Hall–Kier alpha value is -2.03. The molecule has 1 aliphatic rings. The van der Waals surface area contributed by atoms with Crippen molar-refractivity contribution in [3.63, 3.8) is 0 Å². The topological polar surface area (TPSA) is 75.2 Å². The summed E-state index contributed by atoms with van der Waals surface area (Å²) in [6, 6.07) is 8.87. The fraction of sp³-hybridized carbons (Fsp3) is 0.294. The van der Waals surface area contributed by atoms with Crippen molar-refractivity contribution in [2.75, 3.05) is 18.4 Å². The number of sulfonamides is 1. The highest BCUT2D eigenvalue weighted by molar-refractivity contribution is 7.89. The Morgan fingerprint density at radius 2 is 1.92 bits per heavy atom. The van der Waals surface area contributed by atoms with Gasteiger partial charge in [0.1, 0.15) is 17.0 Å². The predicted octanol–water partition coefficient (Wildman–Crippen LogP) is 3.61. The average Bonchev–Trinajstić information content (AvgIpc) is 3.13. The largest absolute Gasteiger partial charge is 0.340 e. The smallest absolute Gasteiger partial charge is 0.243 e. The Morgan fingerprint density at radius 3 is 2.76 bits per heavy atom. The van der Waals surface area contributed by atoms with Gasteiger partial charge in [-0.3, -0.25) is 0 Å². The maximum Gasteiger partial charge on any atom is 0.243 e. The van der Waals surface area contributed by atoms with E-state index >= 15 is 0 Å². The van der Waals surface area contributed by atoms with E-state index in [0.29, 0.717) is 29.5 Å². The summed E-state index contributed by atoms with van der Waals surface area (Å²) in [7, 11) is -3.45. The lowest BCUT2D eigenvalue weighted by Crippen LogP contribution is -2.35. The van der Waals surface area contributed by atoms with Gasteiger partial charge in [-0.2, -0.15) is 4.31 Å². The molecular formula is C17H18N4O2S2. The lowest BCUT2D eigenvalue weighted by Gasteiger charge is -2.26. The molecule has 0 amide bonds. The molecule has 1 N–H and O–H groups in total. The lowest BCUT2D eigenvalue weighted by atomic mass is 10.2. The molecule has 4 rings (SSSR count). The molecule has 0 aliphatic carbocycles. The minimum Gasteiger partial charge on any atom is -0.340 e. The van der Waals surface area contributed by atoms with Crippen molar-refractivity contribution in [1.82, 2.24) is 14.3 Å². The van der Waals surface area contributed by atoms with Crippen LogP contribution in [0.4, 0.5) is 11.5 Å². The van der Waals surface area contributed by atoms with E-state index in [9.17, 15) is 8.42 Å². The number of nitrogens with zero attached hydrogens (tertiary/aromatic N) is 3. The van der Waals surface area contributed by atoms with Crippen LogP contribution in [0.5, 0.6) is 0 Å². The van der Waals surface area contributed by atoms with E-state index in [-0.39, 0.29) is 0 Å². The van der Waals surface area contributed by atoms with Gasteiger partial charge in [0.15, 0.2) is 0 Å². The standard InChI is InChI=1S/C17H18N4O2S2/c22-25(23,21-8-2-1-3-9-21)14-6-4-5-13(11-14)20-16-15-7-10-24-17(15)19-12-18-16/h4-7,10-12H,1-3,8-9H2,(H,18,19,20). The molecule has 6 nitrogen and oxygen atoms in total. The van der Waals surface area contributed by atoms with Crippen LogP contribution in [0, 0.1) is 0 Å². The molecule has 2 aromatic heterocycles. The first kappa shape index (κ1) is 16.4. The molecule has 1 aromatic carbocycles. The molecular weight excluding hydrogens is 356 g/mol. The number of aromatic nitrogens is 2. The van der Waals surface area contributed by atoms with E-state index in [4.69, 9.17) is 0 Å². The fourth-order valence-corrected chi connectivity index (χ4v) is 5.31. The molecule has 0 atom stereocenters. The van der Waals surface area contributed by atoms with Crippen LogP contribution in [0.25, 0.3) is 10.2 Å². The van der Waals surface area contributed by atoms with Crippen LogP contribution in [0.15, 0.2) is 46.9 Å². The van der Waals surface area contributed by atoms with E-state index in [1.54, 1.807) is 33.8 Å². The molecule has 0 unspecified atom stereocenters. The molecule has 130 valence electrons. The number of benzene rings is 1. The van der Waals surface area contributed by atoms with E-state index in [1.807, 2.05) is 17.5 Å². The second-order valence-corrected chi connectivity index (χ2v) is 8.81. The Labute approximate surface area is 150 Å². The minimum absolute atomic E-state index is 0.315. The summed E-state index contributed by atoms with van der Waals surface area (Å²) >= 11 is 1.54. The Kier molecular flexibility index (Phi) is 4.41. The number of piperidine rings is 1. The van der Waals surface area contributed by atoms with Crippen molar-refractivity contribution >= 4 is 43.1 Å². The van der Waals surface area contributed by atoms with Crippen molar-refractivity contribution in [2.45, 2.75) is 24.2 Å². The molecule has 8 heteroatoms. The number of rotatable bonds is 4. The predicted molar refractivity (Wildman–Crippen MR) is 99.7 cm³/mol. The van der Waals surface area contributed by atoms with Gasteiger partial charge in [-0.25, -0.2) is 18.4 Å². The molecule has 3 aromatic rings. The monoisotopic (exact) mass is 374 g/mol. The van der Waals surface area contributed by atoms with Crippen molar-refractivity contribution in [2.24, 2.45) is 0 Å². The first-order valence-corrected chi connectivity index (χ1v) is 10.5. The summed E-state index contributed by atoms with van der Waals surface area (Å²) in [4.78, 5) is 9.72. The second kappa shape index (κ2) is 6.70. The highest BCUT2D eigenvalue weighted by atomic mass is 32.2.